The van der Waals surface area contributed by atoms with Gasteiger partial charge in [-0.3, -0.25) is 24.6 Å². The molecule has 0 aliphatic carbocycles. The lowest BCUT2D eigenvalue weighted by Crippen LogP contribution is -2.52. The van der Waals surface area contributed by atoms with E-state index in [1.807, 2.05) is 11.1 Å². The summed E-state index contributed by atoms with van der Waals surface area (Å²) in [7, 11) is 0. The number of carbonyl (C=O) groups excluding carboxylic acids is 3. The van der Waals surface area contributed by atoms with Crippen molar-refractivity contribution in [2.24, 2.45) is 0 Å². The van der Waals surface area contributed by atoms with Gasteiger partial charge in [-0.15, -0.1) is 0 Å². The molecule has 2 aromatic rings. The molecule has 184 valence electrons. The summed E-state index contributed by atoms with van der Waals surface area (Å²) in [5, 5.41) is 2.29. The number of piperidine rings is 1. The Morgan fingerprint density at radius 3 is 2.74 bits per heavy atom. The minimum Gasteiger partial charge on any atom is -0.372 e. The topological polar surface area (TPSA) is 100 Å². The quantitative estimate of drug-likeness (QED) is 0.639. The van der Waals surface area contributed by atoms with Crippen molar-refractivity contribution in [3.8, 4) is 0 Å². The molecule has 1 N–H and O–H groups in total. The Labute approximate surface area is 201 Å². The molecule has 0 radical (unpaired) electrons. The van der Waals surface area contributed by atoms with Crippen molar-refractivity contribution < 1.29 is 23.5 Å². The highest BCUT2D eigenvalue weighted by Gasteiger charge is 2.40. The minimum absolute atomic E-state index is 0.191. The second kappa shape index (κ2) is 8.72. The van der Waals surface area contributed by atoms with Gasteiger partial charge in [-0.2, -0.15) is 0 Å². The van der Waals surface area contributed by atoms with Gasteiger partial charge in [0.1, 0.15) is 24.3 Å². The maximum Gasteiger partial charge on any atom is 0.255 e. The number of ether oxygens (including phenoxy) is 1. The molecule has 2 saturated heterocycles. The Balaban J connectivity index is 1.13. The highest BCUT2D eigenvalue weighted by molar-refractivity contribution is 6.05. The van der Waals surface area contributed by atoms with E-state index in [1.165, 1.54) is 16.7 Å². The third-order valence-electron chi connectivity index (χ3n) is 7.40. The molecule has 1 aromatic carbocycles. The van der Waals surface area contributed by atoms with Crippen molar-refractivity contribution in [1.82, 2.24) is 24.7 Å². The lowest BCUT2D eigenvalue weighted by atomic mass is 10.0. The number of hydrogen-bond acceptors (Lipinski definition) is 7. The molecule has 11 heteroatoms. The molecule has 0 saturated carbocycles. The second-order valence-corrected chi connectivity index (χ2v) is 9.49. The van der Waals surface area contributed by atoms with E-state index in [4.69, 9.17) is 4.74 Å². The number of amides is 3. The molecule has 4 aliphatic heterocycles. The van der Waals surface area contributed by atoms with Crippen LogP contribution in [0.25, 0.3) is 0 Å². The molecule has 6 rings (SSSR count). The van der Waals surface area contributed by atoms with Gasteiger partial charge < -0.3 is 19.1 Å². The molecular formula is C24H27FN6O4. The Hall–Kier alpha value is -3.31. The number of rotatable bonds is 4. The number of carbonyl (C=O) groups is 3. The number of nitrogens with one attached hydrogen (secondary N) is 1. The van der Waals surface area contributed by atoms with Crippen LogP contribution in [-0.2, 0) is 40.6 Å². The van der Waals surface area contributed by atoms with Crippen LogP contribution >= 0.6 is 0 Å². The summed E-state index contributed by atoms with van der Waals surface area (Å²) in [6.07, 6.45) is 2.40. The van der Waals surface area contributed by atoms with Crippen molar-refractivity contribution in [3.63, 3.8) is 0 Å². The fraction of sp³-hybridized carbons (Fsp3) is 0.500. The first-order chi connectivity index (χ1) is 17.0. The smallest absolute Gasteiger partial charge is 0.255 e. The predicted molar refractivity (Wildman–Crippen MR) is 122 cm³/mol. The van der Waals surface area contributed by atoms with Gasteiger partial charge in [0.15, 0.2) is 0 Å². The van der Waals surface area contributed by atoms with E-state index in [2.05, 4.69) is 19.8 Å². The van der Waals surface area contributed by atoms with Crippen LogP contribution in [0.2, 0.25) is 0 Å². The molecule has 3 amide bonds. The molecule has 0 bridgehead atoms. The lowest BCUT2D eigenvalue weighted by Gasteiger charge is -2.36. The van der Waals surface area contributed by atoms with Crippen LogP contribution in [0.4, 0.5) is 10.1 Å². The Morgan fingerprint density at radius 2 is 1.94 bits per heavy atom. The van der Waals surface area contributed by atoms with E-state index in [-0.39, 0.29) is 31.2 Å². The van der Waals surface area contributed by atoms with Crippen LogP contribution in [-0.4, -0.2) is 75.9 Å². The van der Waals surface area contributed by atoms with Crippen LogP contribution in [0.3, 0.4) is 0 Å². The van der Waals surface area contributed by atoms with E-state index in [9.17, 15) is 14.4 Å². The van der Waals surface area contributed by atoms with Gasteiger partial charge in [0.05, 0.1) is 18.0 Å². The summed E-state index contributed by atoms with van der Waals surface area (Å²) in [4.78, 5) is 46.9. The minimum atomic E-state index is -0.705. The molecule has 2 fully saturated rings. The number of piperazine rings is 1. The van der Waals surface area contributed by atoms with Crippen molar-refractivity contribution in [3.05, 3.63) is 46.8 Å². The number of benzene rings is 1. The summed E-state index contributed by atoms with van der Waals surface area (Å²) in [5.74, 6) is -0.623. The largest absolute Gasteiger partial charge is 0.372 e. The van der Waals surface area contributed by atoms with Crippen molar-refractivity contribution >= 4 is 23.4 Å². The van der Waals surface area contributed by atoms with Crippen molar-refractivity contribution in [2.75, 3.05) is 37.7 Å². The number of anilines is 1. The molecule has 10 nitrogen and oxygen atoms in total. The van der Waals surface area contributed by atoms with Gasteiger partial charge in [-0.1, -0.05) is 0 Å². The number of nitrogens with zero attached hydrogens (tertiary/aromatic N) is 5. The number of halogens is 1. The highest BCUT2D eigenvalue weighted by atomic mass is 19.1. The van der Waals surface area contributed by atoms with Gasteiger partial charge in [-0.25, -0.2) is 9.37 Å². The van der Waals surface area contributed by atoms with Gasteiger partial charge in [0.2, 0.25) is 11.8 Å². The molecule has 1 aromatic heterocycles. The summed E-state index contributed by atoms with van der Waals surface area (Å²) in [6, 6.07) is 2.34. The number of fused-ring (bicyclic) bond motifs is 2. The number of aromatic nitrogens is 2. The van der Waals surface area contributed by atoms with Gasteiger partial charge in [0, 0.05) is 64.0 Å². The van der Waals surface area contributed by atoms with Gasteiger partial charge in [-0.05, 0) is 24.1 Å². The monoisotopic (exact) mass is 482 g/mol. The van der Waals surface area contributed by atoms with E-state index in [1.54, 1.807) is 6.07 Å². The highest BCUT2D eigenvalue weighted by Crippen LogP contribution is 2.33. The first-order valence-electron chi connectivity index (χ1n) is 12.0. The third-order valence-corrected chi connectivity index (χ3v) is 7.40. The Kier molecular flexibility index (Phi) is 5.53. The number of imidazole rings is 1. The molecule has 1 unspecified atom stereocenters. The Bertz CT molecular complexity index is 1200. The molecule has 5 heterocycles. The van der Waals surface area contributed by atoms with E-state index in [0.717, 1.165) is 32.0 Å². The molecule has 0 spiro atoms. The van der Waals surface area contributed by atoms with E-state index in [0.29, 0.717) is 43.1 Å². The van der Waals surface area contributed by atoms with Crippen LogP contribution in [0.1, 0.15) is 40.3 Å². The molecule has 4 aliphatic rings. The number of imide groups is 1. The summed E-state index contributed by atoms with van der Waals surface area (Å²) >= 11 is 0. The fourth-order valence-electron chi connectivity index (χ4n) is 5.48. The van der Waals surface area contributed by atoms with Gasteiger partial charge >= 0.3 is 0 Å². The summed E-state index contributed by atoms with van der Waals surface area (Å²) in [5.41, 5.74) is 2.67. The van der Waals surface area contributed by atoms with Crippen LogP contribution < -0.4 is 10.2 Å². The zero-order chi connectivity index (χ0) is 24.1. The molecule has 35 heavy (non-hydrogen) atoms. The fourth-order valence-corrected chi connectivity index (χ4v) is 5.48. The van der Waals surface area contributed by atoms with Crippen LogP contribution in [0, 0.1) is 5.82 Å². The second-order valence-electron chi connectivity index (χ2n) is 9.49. The zero-order valence-electron chi connectivity index (χ0n) is 19.3. The normalized spacial score (nSPS) is 22.9. The molecule has 1 atom stereocenters. The lowest BCUT2D eigenvalue weighted by molar-refractivity contribution is -0.136. The average Bonchev–Trinajstić information content (AvgIpc) is 3.40. The number of hydrogen-bond donors (Lipinski definition) is 1. The standard InChI is InChI=1S/C24H27FN6O4/c25-18-10-17-15(12-31(24(17)34)19-1-2-22(32)27-23(19)33)9-20(18)29-5-3-28(4-6-29)13-16-11-26-21-14-35-8-7-30(16)21/h9-11,19H,1-8,12-14H2,(H,27,32,33). The maximum absolute atomic E-state index is 15.1. The first kappa shape index (κ1) is 22.2. The Morgan fingerprint density at radius 1 is 1.11 bits per heavy atom. The van der Waals surface area contributed by atoms with E-state index >= 15 is 4.39 Å². The van der Waals surface area contributed by atoms with Gasteiger partial charge in [0.25, 0.3) is 5.91 Å². The summed E-state index contributed by atoms with van der Waals surface area (Å²) < 4.78 is 22.8. The predicted octanol–water partition coefficient (Wildman–Crippen LogP) is 0.636. The summed E-state index contributed by atoms with van der Waals surface area (Å²) in [6.45, 7) is 6.02. The van der Waals surface area contributed by atoms with Crippen molar-refractivity contribution in [1.29, 1.82) is 0 Å². The first-order valence-corrected chi connectivity index (χ1v) is 12.0. The maximum atomic E-state index is 15.1. The average molecular weight is 483 g/mol. The van der Waals surface area contributed by atoms with Crippen LogP contribution in [0.15, 0.2) is 18.3 Å². The SMILES string of the molecule is O=C1CCC(N2Cc3cc(N4CCN(Cc5cnc6n5CCOC6)CC4)c(F)cc3C2=O)C(=O)N1. The van der Waals surface area contributed by atoms with Crippen LogP contribution in [0.5, 0.6) is 0 Å². The molecular weight excluding hydrogens is 455 g/mol. The zero-order valence-corrected chi connectivity index (χ0v) is 19.3. The van der Waals surface area contributed by atoms with E-state index < -0.39 is 17.8 Å². The van der Waals surface area contributed by atoms with Crippen molar-refractivity contribution in [2.45, 2.75) is 45.1 Å². The third kappa shape index (κ3) is 3.98.